The molecule has 1 aromatic rings. The van der Waals surface area contributed by atoms with Crippen molar-refractivity contribution in [2.24, 2.45) is 7.05 Å². The van der Waals surface area contributed by atoms with Crippen molar-refractivity contribution in [1.82, 2.24) is 25.4 Å². The van der Waals surface area contributed by atoms with Gasteiger partial charge in [-0.2, -0.15) is 0 Å². The molecule has 2 heterocycles. The van der Waals surface area contributed by atoms with E-state index in [2.05, 4.69) is 27.8 Å². The second-order valence-electron chi connectivity index (χ2n) is 4.60. The predicted molar refractivity (Wildman–Crippen MR) is 64.5 cm³/mol. The van der Waals surface area contributed by atoms with Crippen molar-refractivity contribution < 1.29 is 4.74 Å². The Morgan fingerprint density at radius 2 is 2.59 bits per heavy atom. The molecule has 0 radical (unpaired) electrons. The minimum absolute atomic E-state index is 0.436. The van der Waals surface area contributed by atoms with Gasteiger partial charge in [0.25, 0.3) is 0 Å². The Morgan fingerprint density at radius 1 is 1.71 bits per heavy atom. The zero-order chi connectivity index (χ0) is 12.1. The summed E-state index contributed by atoms with van der Waals surface area (Å²) in [5.41, 5.74) is 0. The summed E-state index contributed by atoms with van der Waals surface area (Å²) in [6.45, 7) is 5.55. The van der Waals surface area contributed by atoms with E-state index in [0.717, 1.165) is 38.5 Å². The molecular formula is C11H21N5O. The van der Waals surface area contributed by atoms with Gasteiger partial charge in [0.05, 0.1) is 19.8 Å². The van der Waals surface area contributed by atoms with Crippen LogP contribution in [-0.4, -0.2) is 46.6 Å². The molecule has 0 amide bonds. The van der Waals surface area contributed by atoms with E-state index in [0.29, 0.717) is 12.1 Å². The van der Waals surface area contributed by atoms with E-state index in [9.17, 15) is 0 Å². The molecule has 0 spiro atoms. The van der Waals surface area contributed by atoms with E-state index in [1.807, 2.05) is 11.6 Å². The second-order valence-corrected chi connectivity index (χ2v) is 4.60. The van der Waals surface area contributed by atoms with Crippen LogP contribution in [0.15, 0.2) is 6.33 Å². The summed E-state index contributed by atoms with van der Waals surface area (Å²) in [7, 11) is 1.96. The van der Waals surface area contributed by atoms with E-state index in [4.69, 9.17) is 4.74 Å². The molecule has 6 nitrogen and oxygen atoms in total. The van der Waals surface area contributed by atoms with Gasteiger partial charge in [-0.3, -0.25) is 0 Å². The minimum Gasteiger partial charge on any atom is -0.379 e. The fourth-order valence-electron chi connectivity index (χ4n) is 2.01. The smallest absolute Gasteiger partial charge is 0.146 e. The Kier molecular flexibility index (Phi) is 4.47. The van der Waals surface area contributed by atoms with Crippen LogP contribution in [0.4, 0.5) is 0 Å². The molecular weight excluding hydrogens is 218 g/mol. The summed E-state index contributed by atoms with van der Waals surface area (Å²) in [6.07, 6.45) is 2.79. The fraction of sp³-hybridized carbons (Fsp3) is 0.818. The molecule has 0 saturated carbocycles. The largest absolute Gasteiger partial charge is 0.379 e. The maximum absolute atomic E-state index is 5.44. The van der Waals surface area contributed by atoms with Crippen molar-refractivity contribution in [3.8, 4) is 0 Å². The molecule has 0 aromatic carbocycles. The van der Waals surface area contributed by atoms with Crippen LogP contribution in [0.3, 0.4) is 0 Å². The summed E-state index contributed by atoms with van der Waals surface area (Å²) in [6, 6.07) is 0.900. The number of morpholine rings is 1. The molecule has 0 aliphatic carbocycles. The van der Waals surface area contributed by atoms with E-state index >= 15 is 0 Å². The molecule has 2 rings (SSSR count). The molecule has 6 heteroatoms. The van der Waals surface area contributed by atoms with Gasteiger partial charge in [0.2, 0.25) is 0 Å². The van der Waals surface area contributed by atoms with Crippen molar-refractivity contribution >= 4 is 0 Å². The number of nitrogens with one attached hydrogen (secondary N) is 2. The third-order valence-electron chi connectivity index (χ3n) is 3.05. The van der Waals surface area contributed by atoms with Gasteiger partial charge in [0.1, 0.15) is 12.2 Å². The van der Waals surface area contributed by atoms with Crippen LogP contribution in [0.25, 0.3) is 0 Å². The van der Waals surface area contributed by atoms with E-state index in [1.165, 1.54) is 0 Å². The Bertz CT molecular complexity index is 334. The molecule has 96 valence electrons. The average Bonchev–Trinajstić information content (AvgIpc) is 2.74. The number of aromatic nitrogens is 3. The molecule has 1 aliphatic rings. The average molecular weight is 239 g/mol. The highest BCUT2D eigenvalue weighted by molar-refractivity contribution is 4.85. The zero-order valence-corrected chi connectivity index (χ0v) is 10.5. The quantitative estimate of drug-likeness (QED) is 0.737. The lowest BCUT2D eigenvalue weighted by Crippen LogP contribution is -2.45. The lowest BCUT2D eigenvalue weighted by Gasteiger charge is -2.26. The first-order chi connectivity index (χ1) is 8.25. The maximum Gasteiger partial charge on any atom is 0.146 e. The highest BCUT2D eigenvalue weighted by atomic mass is 16.5. The summed E-state index contributed by atoms with van der Waals surface area (Å²) >= 11 is 0. The summed E-state index contributed by atoms with van der Waals surface area (Å²) in [5.74, 6) is 0.963. The van der Waals surface area contributed by atoms with Crippen LogP contribution in [0.1, 0.15) is 19.2 Å². The van der Waals surface area contributed by atoms with Gasteiger partial charge in [0, 0.05) is 25.7 Å². The molecule has 1 fully saturated rings. The third kappa shape index (κ3) is 3.76. The standard InChI is InChI=1S/C11H21N5O/c1-9(5-10-7-17-4-3-12-10)13-6-11-15-14-8-16(11)2/h8-10,12-13H,3-7H2,1-2H3. The second kappa shape index (κ2) is 6.09. The maximum atomic E-state index is 5.44. The number of rotatable bonds is 5. The first-order valence-electron chi connectivity index (χ1n) is 6.13. The number of hydrogen-bond donors (Lipinski definition) is 2. The van der Waals surface area contributed by atoms with Crippen LogP contribution >= 0.6 is 0 Å². The molecule has 0 bridgehead atoms. The van der Waals surface area contributed by atoms with Gasteiger partial charge in [-0.1, -0.05) is 0 Å². The van der Waals surface area contributed by atoms with Crippen LogP contribution in [0, 0.1) is 0 Å². The topological polar surface area (TPSA) is 64.0 Å². The summed E-state index contributed by atoms with van der Waals surface area (Å²) in [4.78, 5) is 0. The van der Waals surface area contributed by atoms with Crippen LogP contribution in [-0.2, 0) is 18.3 Å². The molecule has 1 saturated heterocycles. The van der Waals surface area contributed by atoms with Crippen LogP contribution < -0.4 is 10.6 Å². The highest BCUT2D eigenvalue weighted by Gasteiger charge is 2.16. The normalized spacial score (nSPS) is 22.6. The van der Waals surface area contributed by atoms with E-state index < -0.39 is 0 Å². The highest BCUT2D eigenvalue weighted by Crippen LogP contribution is 2.03. The van der Waals surface area contributed by atoms with Gasteiger partial charge >= 0.3 is 0 Å². The van der Waals surface area contributed by atoms with Crippen LogP contribution in [0.2, 0.25) is 0 Å². The van der Waals surface area contributed by atoms with Gasteiger partial charge in [0.15, 0.2) is 0 Å². The fourth-order valence-corrected chi connectivity index (χ4v) is 2.01. The first kappa shape index (κ1) is 12.5. The molecule has 2 unspecified atom stereocenters. The predicted octanol–water partition coefficient (Wildman–Crippen LogP) is -0.328. The molecule has 17 heavy (non-hydrogen) atoms. The Labute approximate surface area is 102 Å². The van der Waals surface area contributed by atoms with Gasteiger partial charge < -0.3 is 19.9 Å². The molecule has 2 N–H and O–H groups in total. The molecule has 2 atom stereocenters. The van der Waals surface area contributed by atoms with Gasteiger partial charge in [-0.25, -0.2) is 0 Å². The van der Waals surface area contributed by atoms with Crippen molar-refractivity contribution in [3.63, 3.8) is 0 Å². The number of ether oxygens (including phenoxy) is 1. The molecule has 1 aliphatic heterocycles. The van der Waals surface area contributed by atoms with Crippen molar-refractivity contribution in [2.75, 3.05) is 19.8 Å². The van der Waals surface area contributed by atoms with Crippen LogP contribution in [0.5, 0.6) is 0 Å². The molecule has 1 aromatic heterocycles. The Hall–Kier alpha value is -0.980. The van der Waals surface area contributed by atoms with E-state index in [-0.39, 0.29) is 0 Å². The summed E-state index contributed by atoms with van der Waals surface area (Å²) < 4.78 is 7.37. The Balaban J connectivity index is 1.70. The first-order valence-corrected chi connectivity index (χ1v) is 6.13. The SMILES string of the molecule is CC(CC1COCCN1)NCc1nncn1C. The monoisotopic (exact) mass is 239 g/mol. The third-order valence-corrected chi connectivity index (χ3v) is 3.05. The lowest BCUT2D eigenvalue weighted by atomic mass is 10.1. The minimum atomic E-state index is 0.436. The van der Waals surface area contributed by atoms with Gasteiger partial charge in [-0.15, -0.1) is 10.2 Å². The van der Waals surface area contributed by atoms with Gasteiger partial charge in [-0.05, 0) is 13.3 Å². The van der Waals surface area contributed by atoms with Crippen molar-refractivity contribution in [2.45, 2.75) is 32.0 Å². The Morgan fingerprint density at radius 3 is 3.24 bits per heavy atom. The number of nitrogens with zero attached hydrogens (tertiary/aromatic N) is 3. The zero-order valence-electron chi connectivity index (χ0n) is 10.5. The lowest BCUT2D eigenvalue weighted by molar-refractivity contribution is 0.0711. The number of hydrogen-bond acceptors (Lipinski definition) is 5. The van der Waals surface area contributed by atoms with E-state index in [1.54, 1.807) is 6.33 Å². The van der Waals surface area contributed by atoms with Crippen molar-refractivity contribution in [3.05, 3.63) is 12.2 Å². The number of aryl methyl sites for hydroxylation is 1. The van der Waals surface area contributed by atoms with Crippen molar-refractivity contribution in [1.29, 1.82) is 0 Å². The summed E-state index contributed by atoms with van der Waals surface area (Å²) in [5, 5.41) is 14.8.